The number of benzene rings is 1. The van der Waals surface area contributed by atoms with Crippen molar-refractivity contribution in [2.75, 3.05) is 0 Å². The van der Waals surface area contributed by atoms with Crippen molar-refractivity contribution in [1.29, 1.82) is 0 Å². The minimum absolute atomic E-state index is 0.134. The molecule has 1 aromatic heterocycles. The van der Waals surface area contributed by atoms with Crippen LogP contribution < -0.4 is 0 Å². The first-order chi connectivity index (χ1) is 7.91. The summed E-state index contributed by atoms with van der Waals surface area (Å²) < 4.78 is 2.50. The monoisotopic (exact) mass is 314 g/mol. The maximum absolute atomic E-state index is 6.07. The molecule has 1 aromatic carbocycles. The van der Waals surface area contributed by atoms with Crippen LogP contribution in [0.3, 0.4) is 0 Å². The molecule has 6 heteroatoms. The topological polar surface area (TPSA) is 43.6 Å². The minimum atomic E-state index is -0.134. The van der Waals surface area contributed by atoms with Crippen molar-refractivity contribution in [2.24, 2.45) is 0 Å². The molecule has 0 aliphatic rings. The van der Waals surface area contributed by atoms with E-state index in [2.05, 4.69) is 52.2 Å². The summed E-state index contributed by atoms with van der Waals surface area (Å²) in [6, 6.07) is 5.61. The second-order valence-electron chi connectivity index (χ2n) is 4.74. The van der Waals surface area contributed by atoms with Crippen LogP contribution in [0.25, 0.3) is 5.69 Å². The van der Waals surface area contributed by atoms with E-state index in [-0.39, 0.29) is 5.41 Å². The average molecular weight is 316 g/mol. The summed E-state index contributed by atoms with van der Waals surface area (Å²) in [5.74, 6) is 0.792. The van der Waals surface area contributed by atoms with Gasteiger partial charge >= 0.3 is 0 Å². The van der Waals surface area contributed by atoms with Crippen LogP contribution in [0.15, 0.2) is 22.7 Å². The number of aromatic nitrogens is 4. The molecule has 4 nitrogen and oxygen atoms in total. The maximum atomic E-state index is 6.07. The smallest absolute Gasteiger partial charge is 0.162 e. The van der Waals surface area contributed by atoms with Crippen molar-refractivity contribution in [3.05, 3.63) is 33.5 Å². The van der Waals surface area contributed by atoms with Crippen LogP contribution in [0.1, 0.15) is 26.6 Å². The van der Waals surface area contributed by atoms with Crippen LogP contribution in [-0.2, 0) is 5.41 Å². The lowest BCUT2D eigenvalue weighted by atomic mass is 9.96. The second kappa shape index (κ2) is 4.38. The molecule has 90 valence electrons. The third-order valence-corrected chi connectivity index (χ3v) is 3.68. The Morgan fingerprint density at radius 1 is 1.29 bits per heavy atom. The van der Waals surface area contributed by atoms with Crippen molar-refractivity contribution in [2.45, 2.75) is 26.2 Å². The van der Waals surface area contributed by atoms with Gasteiger partial charge in [-0.3, -0.25) is 0 Å². The SMILES string of the molecule is CC(C)(C)c1nnnn1-c1cccc(Cl)c1Br. The summed E-state index contributed by atoms with van der Waals surface area (Å²) in [7, 11) is 0. The van der Waals surface area contributed by atoms with Gasteiger partial charge in [-0.25, -0.2) is 0 Å². The molecule has 0 saturated carbocycles. The van der Waals surface area contributed by atoms with Crippen molar-refractivity contribution in [3.8, 4) is 5.69 Å². The maximum Gasteiger partial charge on any atom is 0.162 e. The molecule has 2 aromatic rings. The van der Waals surface area contributed by atoms with Gasteiger partial charge in [0.25, 0.3) is 0 Å². The fraction of sp³-hybridized carbons (Fsp3) is 0.364. The molecule has 0 saturated heterocycles. The van der Waals surface area contributed by atoms with E-state index in [9.17, 15) is 0 Å². The zero-order chi connectivity index (χ0) is 12.6. The van der Waals surface area contributed by atoms with Gasteiger partial charge in [-0.05, 0) is 38.5 Å². The van der Waals surface area contributed by atoms with Gasteiger partial charge in [-0.15, -0.1) is 5.10 Å². The second-order valence-corrected chi connectivity index (χ2v) is 5.94. The van der Waals surface area contributed by atoms with E-state index >= 15 is 0 Å². The molecule has 0 bridgehead atoms. The number of nitrogens with zero attached hydrogens (tertiary/aromatic N) is 4. The zero-order valence-electron chi connectivity index (χ0n) is 9.78. The number of rotatable bonds is 1. The van der Waals surface area contributed by atoms with Crippen LogP contribution >= 0.6 is 27.5 Å². The Morgan fingerprint density at radius 2 is 2.00 bits per heavy atom. The van der Waals surface area contributed by atoms with Crippen molar-refractivity contribution in [1.82, 2.24) is 20.2 Å². The summed E-state index contributed by atoms with van der Waals surface area (Å²) >= 11 is 9.52. The Balaban J connectivity index is 2.62. The third-order valence-electron chi connectivity index (χ3n) is 2.30. The van der Waals surface area contributed by atoms with E-state index in [0.717, 1.165) is 16.0 Å². The van der Waals surface area contributed by atoms with Crippen molar-refractivity contribution < 1.29 is 0 Å². The lowest BCUT2D eigenvalue weighted by molar-refractivity contribution is 0.525. The molecule has 0 atom stereocenters. The predicted molar refractivity (Wildman–Crippen MR) is 70.6 cm³/mol. The third kappa shape index (κ3) is 2.35. The van der Waals surface area contributed by atoms with Crippen LogP contribution in [0.2, 0.25) is 5.02 Å². The van der Waals surface area contributed by atoms with E-state index in [1.165, 1.54) is 0 Å². The van der Waals surface area contributed by atoms with Crippen molar-refractivity contribution >= 4 is 27.5 Å². The first kappa shape index (κ1) is 12.5. The molecule has 0 amide bonds. The lowest BCUT2D eigenvalue weighted by Crippen LogP contribution is -2.19. The fourth-order valence-corrected chi connectivity index (χ4v) is 2.07. The lowest BCUT2D eigenvalue weighted by Gasteiger charge is -2.17. The number of hydrogen-bond acceptors (Lipinski definition) is 3. The largest absolute Gasteiger partial charge is 0.196 e. The molecule has 0 spiro atoms. The van der Waals surface area contributed by atoms with Gasteiger partial charge in [0.05, 0.1) is 15.2 Å². The highest BCUT2D eigenvalue weighted by Gasteiger charge is 2.23. The summed E-state index contributed by atoms with van der Waals surface area (Å²) in [6.07, 6.45) is 0. The molecule has 0 aliphatic carbocycles. The highest BCUT2D eigenvalue weighted by atomic mass is 79.9. The normalized spacial score (nSPS) is 11.8. The van der Waals surface area contributed by atoms with Gasteiger partial charge in [0, 0.05) is 5.41 Å². The molecule has 0 unspecified atom stereocenters. The Hall–Kier alpha value is -0.940. The highest BCUT2D eigenvalue weighted by molar-refractivity contribution is 9.10. The number of halogens is 2. The van der Waals surface area contributed by atoms with Gasteiger partial charge in [-0.1, -0.05) is 38.4 Å². The Bertz CT molecular complexity index is 545. The molecular weight excluding hydrogens is 304 g/mol. The molecule has 0 radical (unpaired) electrons. The van der Waals surface area contributed by atoms with E-state index in [0.29, 0.717) is 5.02 Å². The van der Waals surface area contributed by atoms with Gasteiger partial charge in [0.15, 0.2) is 5.82 Å². The van der Waals surface area contributed by atoms with Gasteiger partial charge < -0.3 is 0 Å². The van der Waals surface area contributed by atoms with E-state index in [1.54, 1.807) is 4.68 Å². The fourth-order valence-electron chi connectivity index (χ4n) is 1.47. The quantitative estimate of drug-likeness (QED) is 0.810. The molecule has 0 N–H and O–H groups in total. The number of tetrazole rings is 1. The Morgan fingerprint density at radius 3 is 2.65 bits per heavy atom. The van der Waals surface area contributed by atoms with Crippen LogP contribution in [-0.4, -0.2) is 20.2 Å². The van der Waals surface area contributed by atoms with E-state index in [1.807, 2.05) is 18.2 Å². The molecule has 0 fully saturated rings. The molecule has 1 heterocycles. The minimum Gasteiger partial charge on any atom is -0.196 e. The van der Waals surface area contributed by atoms with Crippen LogP contribution in [0, 0.1) is 0 Å². The molecule has 17 heavy (non-hydrogen) atoms. The summed E-state index contributed by atoms with van der Waals surface area (Å²) in [5.41, 5.74) is 0.707. The Labute approximate surface area is 113 Å². The van der Waals surface area contributed by atoms with Gasteiger partial charge in [-0.2, -0.15) is 4.68 Å². The highest BCUT2D eigenvalue weighted by Crippen LogP contribution is 2.30. The predicted octanol–water partition coefficient (Wildman–Crippen LogP) is 3.38. The van der Waals surface area contributed by atoms with Crippen LogP contribution in [0.5, 0.6) is 0 Å². The summed E-state index contributed by atoms with van der Waals surface area (Å²) in [6.45, 7) is 6.19. The van der Waals surface area contributed by atoms with E-state index < -0.39 is 0 Å². The van der Waals surface area contributed by atoms with Gasteiger partial charge in [0.1, 0.15) is 0 Å². The number of hydrogen-bond donors (Lipinski definition) is 0. The van der Waals surface area contributed by atoms with Gasteiger partial charge in [0.2, 0.25) is 0 Å². The average Bonchev–Trinajstić information content (AvgIpc) is 2.70. The van der Waals surface area contributed by atoms with Crippen molar-refractivity contribution in [3.63, 3.8) is 0 Å². The zero-order valence-corrected chi connectivity index (χ0v) is 12.1. The molecular formula is C11H12BrClN4. The van der Waals surface area contributed by atoms with E-state index in [4.69, 9.17) is 11.6 Å². The first-order valence-corrected chi connectivity index (χ1v) is 6.31. The van der Waals surface area contributed by atoms with Crippen LogP contribution in [0.4, 0.5) is 0 Å². The molecule has 0 aliphatic heterocycles. The standard InChI is InChI=1S/C11H12BrClN4/c1-11(2,3)10-14-15-16-17(10)8-6-4-5-7(13)9(8)12/h4-6H,1-3H3. The molecule has 2 rings (SSSR count). The summed E-state index contributed by atoms with van der Waals surface area (Å²) in [4.78, 5) is 0. The first-order valence-electron chi connectivity index (χ1n) is 5.14. The Kier molecular flexibility index (Phi) is 3.23. The summed E-state index contributed by atoms with van der Waals surface area (Å²) in [5, 5.41) is 12.5.